The maximum atomic E-state index is 13.1. The monoisotopic (exact) mass is 465 g/mol. The van der Waals surface area contributed by atoms with E-state index in [4.69, 9.17) is 9.16 Å². The van der Waals surface area contributed by atoms with E-state index in [9.17, 15) is 14.4 Å². The molecule has 180 valence electrons. The third-order valence-corrected chi connectivity index (χ3v) is 11.4. The summed E-state index contributed by atoms with van der Waals surface area (Å²) >= 11 is 0. The lowest BCUT2D eigenvalue weighted by Gasteiger charge is -2.51. The molecular formula is C23H39N3O5Si. The van der Waals surface area contributed by atoms with Crippen LogP contribution in [0.25, 0.3) is 0 Å². The summed E-state index contributed by atoms with van der Waals surface area (Å²) in [6.07, 6.45) is 3.14. The Morgan fingerprint density at radius 1 is 1.34 bits per heavy atom. The number of amides is 1. The van der Waals surface area contributed by atoms with Crippen LogP contribution < -0.4 is 5.43 Å². The minimum absolute atomic E-state index is 0.00573. The summed E-state index contributed by atoms with van der Waals surface area (Å²) in [5.74, 6) is -1.18. The van der Waals surface area contributed by atoms with Crippen molar-refractivity contribution in [1.82, 2.24) is 15.3 Å². The molecule has 9 heteroatoms. The smallest absolute Gasteiger partial charge is 0.325 e. The van der Waals surface area contributed by atoms with Crippen LogP contribution in [-0.4, -0.2) is 74.3 Å². The number of hydrogen-bond acceptors (Lipinski definition) is 7. The molecule has 2 heterocycles. The van der Waals surface area contributed by atoms with Gasteiger partial charge in [-0.1, -0.05) is 33.4 Å². The van der Waals surface area contributed by atoms with Gasteiger partial charge in [-0.15, -0.1) is 0 Å². The average Bonchev–Trinajstić information content (AvgIpc) is 3.01. The molecule has 0 radical (unpaired) electrons. The van der Waals surface area contributed by atoms with Gasteiger partial charge in [-0.25, -0.2) is 5.43 Å². The molecule has 32 heavy (non-hydrogen) atoms. The first-order valence-electron chi connectivity index (χ1n) is 11.2. The molecule has 1 amide bonds. The zero-order chi connectivity index (χ0) is 24.4. The highest BCUT2D eigenvalue weighted by Crippen LogP contribution is 2.41. The van der Waals surface area contributed by atoms with Crippen LogP contribution >= 0.6 is 0 Å². The van der Waals surface area contributed by atoms with Crippen molar-refractivity contribution in [1.29, 1.82) is 0 Å². The van der Waals surface area contributed by atoms with Gasteiger partial charge in [0.05, 0.1) is 18.1 Å². The Balaban J connectivity index is 2.18. The Morgan fingerprint density at radius 3 is 2.47 bits per heavy atom. The largest absolute Gasteiger partial charge is 0.460 e. The number of rotatable bonds is 10. The van der Waals surface area contributed by atoms with E-state index in [2.05, 4.69) is 45.9 Å². The van der Waals surface area contributed by atoms with E-state index in [0.29, 0.717) is 0 Å². The molecule has 2 aliphatic rings. The van der Waals surface area contributed by atoms with E-state index < -0.39 is 32.3 Å². The number of ketones is 1. The highest BCUT2D eigenvalue weighted by molar-refractivity contribution is 6.74. The molecule has 1 unspecified atom stereocenters. The van der Waals surface area contributed by atoms with Gasteiger partial charge < -0.3 is 19.1 Å². The van der Waals surface area contributed by atoms with Crippen molar-refractivity contribution < 1.29 is 23.5 Å². The maximum absolute atomic E-state index is 13.1. The minimum atomic E-state index is -2.11. The zero-order valence-electron chi connectivity index (χ0n) is 20.7. The maximum Gasteiger partial charge on any atom is 0.325 e. The van der Waals surface area contributed by atoms with Crippen molar-refractivity contribution in [2.75, 3.05) is 20.2 Å². The summed E-state index contributed by atoms with van der Waals surface area (Å²) in [5.41, 5.74) is 4.08. The quantitative estimate of drug-likeness (QED) is 0.230. The average molecular weight is 466 g/mol. The fourth-order valence-corrected chi connectivity index (χ4v) is 5.26. The number of carbonyl (C=O) groups excluding carboxylic acids is 3. The third kappa shape index (κ3) is 5.68. The normalized spacial score (nSPS) is 24.7. The summed E-state index contributed by atoms with van der Waals surface area (Å²) in [6.45, 7) is 18.0. The van der Waals surface area contributed by atoms with Crippen molar-refractivity contribution in [3.8, 4) is 0 Å². The number of allylic oxidation sites excluding steroid dienone is 1. The van der Waals surface area contributed by atoms with Crippen LogP contribution in [0.5, 0.6) is 0 Å². The van der Waals surface area contributed by atoms with Gasteiger partial charge >= 0.3 is 5.97 Å². The van der Waals surface area contributed by atoms with Crippen molar-refractivity contribution >= 4 is 26.0 Å². The summed E-state index contributed by atoms with van der Waals surface area (Å²) in [6, 6.07) is -0.852. The molecule has 8 nitrogen and oxygen atoms in total. The van der Waals surface area contributed by atoms with Crippen molar-refractivity contribution in [3.05, 3.63) is 24.4 Å². The number of ether oxygens (including phenoxy) is 1. The van der Waals surface area contributed by atoms with E-state index in [1.54, 1.807) is 5.01 Å². The van der Waals surface area contributed by atoms with E-state index in [1.807, 2.05) is 27.0 Å². The van der Waals surface area contributed by atoms with Gasteiger partial charge in [0, 0.05) is 19.2 Å². The summed E-state index contributed by atoms with van der Waals surface area (Å²) in [5, 5.41) is 1.80. The van der Waals surface area contributed by atoms with Gasteiger partial charge in [0.25, 0.3) is 0 Å². The summed E-state index contributed by atoms with van der Waals surface area (Å²) in [4.78, 5) is 39.7. The zero-order valence-corrected chi connectivity index (χ0v) is 21.7. The van der Waals surface area contributed by atoms with Gasteiger partial charge in [0.1, 0.15) is 19.2 Å². The first-order chi connectivity index (χ1) is 14.7. The van der Waals surface area contributed by atoms with Gasteiger partial charge in [0.2, 0.25) is 5.91 Å². The van der Waals surface area contributed by atoms with Gasteiger partial charge in [-0.3, -0.25) is 14.4 Å². The number of β-lactam (4-membered cyclic amide) rings is 1. The fraction of sp³-hybridized carbons (Fsp3) is 0.696. The first kappa shape index (κ1) is 26.3. The number of likely N-dealkylation sites (tertiary alicyclic amines) is 1. The Hall–Kier alpha value is -1.97. The lowest BCUT2D eigenvalue weighted by Crippen LogP contribution is -2.67. The molecule has 2 rings (SSSR count). The molecule has 0 aromatic heterocycles. The van der Waals surface area contributed by atoms with Crippen LogP contribution in [0.2, 0.25) is 18.1 Å². The molecular weight excluding hydrogens is 426 g/mol. The second-order valence-electron chi connectivity index (χ2n) is 10.3. The highest BCUT2D eigenvalue weighted by Gasteiger charge is 2.53. The Morgan fingerprint density at radius 2 is 1.97 bits per heavy atom. The number of carbonyl (C=O) groups is 3. The molecule has 0 aromatic rings. The molecule has 0 spiro atoms. The van der Waals surface area contributed by atoms with Gasteiger partial charge in [-0.05, 0) is 38.1 Å². The van der Waals surface area contributed by atoms with Crippen LogP contribution in [0.15, 0.2) is 24.4 Å². The molecule has 0 bridgehead atoms. The second kappa shape index (κ2) is 9.89. The summed E-state index contributed by atoms with van der Waals surface area (Å²) in [7, 11) is -0.262. The number of hydrogen-bond donors (Lipinski definition) is 1. The van der Waals surface area contributed by atoms with Crippen LogP contribution in [0.1, 0.15) is 41.0 Å². The molecule has 1 N–H and O–H groups in total. The van der Waals surface area contributed by atoms with Crippen molar-refractivity contribution in [2.45, 2.75) is 77.4 Å². The minimum Gasteiger partial charge on any atom is -0.460 e. The number of esters is 1. The fourth-order valence-electron chi connectivity index (χ4n) is 3.83. The number of nitrogens with zero attached hydrogens (tertiary/aromatic N) is 2. The Bertz CT molecular complexity index is 789. The standard InChI is InChI=1S/C23H39N3O5Si/c1-10-11-30-20(28)14-26-18(13-19(27)17-12-15(2)25(7)24-17)21(22(26)29)16(3)31-32(8,9)23(4,5)6/h10,12,16-18,21,24H,1,11,13-14H2,2-9H3/t16-,17?,18-,21-/m1/s1. The molecule has 2 aliphatic heterocycles. The number of Topliss-reactive ketones (excluding diaryl/α,β-unsaturated/α-hetero) is 1. The topological polar surface area (TPSA) is 88.2 Å². The molecule has 1 fully saturated rings. The van der Waals surface area contributed by atoms with E-state index in [0.717, 1.165) is 5.70 Å². The van der Waals surface area contributed by atoms with Crippen LogP contribution in [0.3, 0.4) is 0 Å². The van der Waals surface area contributed by atoms with E-state index >= 15 is 0 Å². The number of hydrazine groups is 1. The first-order valence-corrected chi connectivity index (χ1v) is 14.1. The third-order valence-electron chi connectivity index (χ3n) is 6.86. The summed E-state index contributed by atoms with van der Waals surface area (Å²) < 4.78 is 11.5. The predicted octanol–water partition coefficient (Wildman–Crippen LogP) is 2.63. The highest BCUT2D eigenvalue weighted by atomic mass is 28.4. The molecule has 4 atom stereocenters. The van der Waals surface area contributed by atoms with Crippen LogP contribution in [0.4, 0.5) is 0 Å². The van der Waals surface area contributed by atoms with Gasteiger partial charge in [0.15, 0.2) is 14.1 Å². The Labute approximate surface area is 193 Å². The lowest BCUT2D eigenvalue weighted by molar-refractivity contribution is -0.171. The molecule has 0 aliphatic carbocycles. The van der Waals surface area contributed by atoms with E-state index in [-0.39, 0.29) is 42.4 Å². The van der Waals surface area contributed by atoms with Crippen LogP contribution in [0, 0.1) is 5.92 Å². The SMILES string of the molecule is C=CCOC(=O)CN1C(=O)[C@H]([C@@H](C)O[Si](C)(C)C(C)(C)C)[C@H]1CC(=O)C1C=C(C)N(C)N1. The molecule has 0 aromatic carbocycles. The molecule has 1 saturated heterocycles. The van der Waals surface area contributed by atoms with Crippen molar-refractivity contribution in [3.63, 3.8) is 0 Å². The second-order valence-corrected chi connectivity index (χ2v) is 15.0. The van der Waals surface area contributed by atoms with E-state index in [1.165, 1.54) is 11.0 Å². The van der Waals surface area contributed by atoms with Crippen molar-refractivity contribution in [2.24, 2.45) is 5.92 Å². The predicted molar refractivity (Wildman–Crippen MR) is 126 cm³/mol. The van der Waals surface area contributed by atoms with Gasteiger partial charge in [-0.2, -0.15) is 0 Å². The van der Waals surface area contributed by atoms with Crippen LogP contribution in [-0.2, 0) is 23.5 Å². The molecule has 0 saturated carbocycles. The lowest BCUT2D eigenvalue weighted by atomic mass is 9.79. The Kier molecular flexibility index (Phi) is 8.12. The number of nitrogens with one attached hydrogen (secondary N) is 1.